The summed E-state index contributed by atoms with van der Waals surface area (Å²) in [6.07, 6.45) is 0.859. The topological polar surface area (TPSA) is 75.1 Å². The lowest BCUT2D eigenvalue weighted by Crippen LogP contribution is -2.06. The summed E-state index contributed by atoms with van der Waals surface area (Å²) < 4.78 is 0. The predicted molar refractivity (Wildman–Crippen MR) is 110 cm³/mol. The van der Waals surface area contributed by atoms with Gasteiger partial charge >= 0.3 is 5.97 Å². The van der Waals surface area contributed by atoms with Gasteiger partial charge in [-0.1, -0.05) is 35.9 Å². The van der Waals surface area contributed by atoms with Crippen LogP contribution in [0.4, 0.5) is 11.4 Å². The van der Waals surface area contributed by atoms with Gasteiger partial charge in [-0.25, -0.2) is 0 Å². The second-order valence-corrected chi connectivity index (χ2v) is 7.88. The van der Waals surface area contributed by atoms with Gasteiger partial charge in [-0.2, -0.15) is 0 Å². The van der Waals surface area contributed by atoms with Crippen molar-refractivity contribution in [3.05, 3.63) is 58.1 Å². The molecule has 0 unspecified atom stereocenters. The summed E-state index contributed by atoms with van der Waals surface area (Å²) in [4.78, 5) is 11.2. The Hall–Kier alpha value is -2.44. The van der Waals surface area contributed by atoms with Crippen molar-refractivity contribution < 1.29 is 9.90 Å². The lowest BCUT2D eigenvalue weighted by Gasteiger charge is -2.17. The molecule has 5 nitrogen and oxygen atoms in total. The molecule has 0 aliphatic rings. The standard InChI is InChI=1S/C20H20ClN3O2S/c1-3-13(11-19(25)26)14-4-9-17(20-24-23-12(2)27-20)18(10-14)22-16-7-5-15(21)6-8-16/h4-10,13,22H,3,11H2,1-2H3,(H,25,26)/t13-/m1/s1. The summed E-state index contributed by atoms with van der Waals surface area (Å²) in [5.74, 6) is -0.837. The number of carboxylic acids is 1. The average Bonchev–Trinajstić information content (AvgIpc) is 3.07. The van der Waals surface area contributed by atoms with Gasteiger partial charge < -0.3 is 10.4 Å². The summed E-state index contributed by atoms with van der Waals surface area (Å²) in [5.41, 5.74) is 3.69. The van der Waals surface area contributed by atoms with Crippen LogP contribution in [0.3, 0.4) is 0 Å². The minimum absolute atomic E-state index is 0.0431. The number of aryl methyl sites for hydroxylation is 1. The van der Waals surface area contributed by atoms with E-state index < -0.39 is 5.97 Å². The van der Waals surface area contributed by atoms with Crippen molar-refractivity contribution in [3.8, 4) is 10.6 Å². The first-order valence-electron chi connectivity index (χ1n) is 8.65. The Morgan fingerprint density at radius 2 is 1.96 bits per heavy atom. The molecule has 0 radical (unpaired) electrons. The second-order valence-electron chi connectivity index (χ2n) is 6.27. The summed E-state index contributed by atoms with van der Waals surface area (Å²) >= 11 is 7.50. The Kier molecular flexibility index (Phi) is 6.08. The van der Waals surface area contributed by atoms with Crippen molar-refractivity contribution in [2.24, 2.45) is 0 Å². The number of hydrogen-bond donors (Lipinski definition) is 2. The van der Waals surface area contributed by atoms with Crippen LogP contribution in [-0.4, -0.2) is 21.3 Å². The molecule has 3 aromatic rings. The highest BCUT2D eigenvalue weighted by molar-refractivity contribution is 7.14. The molecule has 0 saturated heterocycles. The molecule has 0 spiro atoms. The molecule has 3 rings (SSSR count). The van der Waals surface area contributed by atoms with Gasteiger partial charge in [0, 0.05) is 22.0 Å². The fourth-order valence-electron chi connectivity index (χ4n) is 2.91. The van der Waals surface area contributed by atoms with Crippen LogP contribution in [0.5, 0.6) is 0 Å². The fraction of sp³-hybridized carbons (Fsp3) is 0.250. The monoisotopic (exact) mass is 401 g/mol. The molecule has 7 heteroatoms. The van der Waals surface area contributed by atoms with Crippen molar-refractivity contribution in [2.45, 2.75) is 32.6 Å². The molecule has 2 aromatic carbocycles. The van der Waals surface area contributed by atoms with Gasteiger partial charge in [0.15, 0.2) is 0 Å². The highest BCUT2D eigenvalue weighted by Crippen LogP contribution is 2.36. The Morgan fingerprint density at radius 1 is 1.22 bits per heavy atom. The molecule has 0 aliphatic heterocycles. The maximum Gasteiger partial charge on any atom is 0.303 e. The van der Waals surface area contributed by atoms with Crippen LogP contribution >= 0.6 is 22.9 Å². The number of nitrogens with one attached hydrogen (secondary N) is 1. The number of carbonyl (C=O) groups is 1. The highest BCUT2D eigenvalue weighted by Gasteiger charge is 2.17. The van der Waals surface area contributed by atoms with E-state index in [0.29, 0.717) is 5.02 Å². The molecule has 1 aromatic heterocycles. The quantitative estimate of drug-likeness (QED) is 0.517. The van der Waals surface area contributed by atoms with Gasteiger partial charge in [-0.15, -0.1) is 10.2 Å². The smallest absolute Gasteiger partial charge is 0.303 e. The van der Waals surface area contributed by atoms with Crippen molar-refractivity contribution in [3.63, 3.8) is 0 Å². The summed E-state index contributed by atoms with van der Waals surface area (Å²) in [7, 11) is 0. The van der Waals surface area contributed by atoms with E-state index >= 15 is 0 Å². The maximum absolute atomic E-state index is 11.2. The number of nitrogens with zero attached hydrogens (tertiary/aromatic N) is 2. The van der Waals surface area contributed by atoms with Crippen LogP contribution in [0.15, 0.2) is 42.5 Å². The number of carboxylic acid groups (broad SMARTS) is 1. The first-order valence-corrected chi connectivity index (χ1v) is 9.84. The number of hydrogen-bond acceptors (Lipinski definition) is 5. The van der Waals surface area contributed by atoms with Crippen LogP contribution in [0.2, 0.25) is 5.02 Å². The number of aromatic nitrogens is 2. The van der Waals surface area contributed by atoms with Gasteiger partial charge in [-0.05, 0) is 61.2 Å². The third kappa shape index (κ3) is 4.84. The van der Waals surface area contributed by atoms with Crippen LogP contribution in [-0.2, 0) is 4.79 Å². The van der Waals surface area contributed by atoms with Crippen molar-refractivity contribution in [1.82, 2.24) is 10.2 Å². The summed E-state index contributed by atoms with van der Waals surface area (Å²) in [6, 6.07) is 13.4. The Labute approximate surface area is 167 Å². The average molecular weight is 402 g/mol. The molecule has 27 heavy (non-hydrogen) atoms. The lowest BCUT2D eigenvalue weighted by molar-refractivity contribution is -0.137. The number of anilines is 2. The van der Waals surface area contributed by atoms with Gasteiger partial charge in [0.1, 0.15) is 10.0 Å². The normalized spacial score (nSPS) is 12.0. The third-order valence-electron chi connectivity index (χ3n) is 4.31. The Bertz CT molecular complexity index is 941. The first-order chi connectivity index (χ1) is 13.0. The second kappa shape index (κ2) is 8.50. The van der Waals surface area contributed by atoms with Gasteiger partial charge in [0.25, 0.3) is 0 Å². The van der Waals surface area contributed by atoms with E-state index in [0.717, 1.165) is 38.9 Å². The SMILES string of the molecule is CC[C@H](CC(=O)O)c1ccc(-c2nnc(C)s2)c(Nc2ccc(Cl)cc2)c1. The van der Waals surface area contributed by atoms with Crippen molar-refractivity contribution in [1.29, 1.82) is 0 Å². The van der Waals surface area contributed by atoms with E-state index in [-0.39, 0.29) is 12.3 Å². The molecule has 0 fully saturated rings. The summed E-state index contributed by atoms with van der Waals surface area (Å²) in [5, 5.41) is 23.4. The highest BCUT2D eigenvalue weighted by atomic mass is 35.5. The van der Waals surface area contributed by atoms with Gasteiger partial charge in [0.2, 0.25) is 0 Å². The van der Waals surface area contributed by atoms with Crippen LogP contribution in [0.1, 0.15) is 36.3 Å². The van der Waals surface area contributed by atoms with E-state index in [9.17, 15) is 9.90 Å². The van der Waals surface area contributed by atoms with E-state index in [1.807, 2.05) is 56.3 Å². The van der Waals surface area contributed by atoms with E-state index in [2.05, 4.69) is 15.5 Å². The van der Waals surface area contributed by atoms with E-state index in [1.165, 1.54) is 11.3 Å². The van der Waals surface area contributed by atoms with Crippen LogP contribution < -0.4 is 5.32 Å². The third-order valence-corrected chi connectivity index (χ3v) is 5.43. The molecular weight excluding hydrogens is 382 g/mol. The maximum atomic E-state index is 11.2. The molecule has 0 saturated carbocycles. The van der Waals surface area contributed by atoms with E-state index in [1.54, 1.807) is 0 Å². The van der Waals surface area contributed by atoms with Gasteiger partial charge in [-0.3, -0.25) is 4.79 Å². The molecule has 1 atom stereocenters. The molecule has 2 N–H and O–H groups in total. The molecule has 0 amide bonds. The zero-order valence-corrected chi connectivity index (χ0v) is 16.6. The number of halogens is 1. The molecule has 0 aliphatic carbocycles. The van der Waals surface area contributed by atoms with Crippen LogP contribution in [0.25, 0.3) is 10.6 Å². The zero-order valence-electron chi connectivity index (χ0n) is 15.1. The largest absolute Gasteiger partial charge is 0.481 e. The lowest BCUT2D eigenvalue weighted by atomic mass is 9.92. The fourth-order valence-corrected chi connectivity index (χ4v) is 3.77. The molecular formula is C20H20ClN3O2S. The van der Waals surface area contributed by atoms with Crippen LogP contribution in [0, 0.1) is 6.92 Å². The minimum Gasteiger partial charge on any atom is -0.481 e. The Balaban J connectivity index is 2.02. The molecule has 1 heterocycles. The van der Waals surface area contributed by atoms with E-state index in [4.69, 9.17) is 11.6 Å². The van der Waals surface area contributed by atoms with Crippen molar-refractivity contribution >= 4 is 40.3 Å². The molecule has 0 bridgehead atoms. The van der Waals surface area contributed by atoms with Crippen molar-refractivity contribution in [2.75, 3.05) is 5.32 Å². The van der Waals surface area contributed by atoms with Gasteiger partial charge in [0.05, 0.1) is 6.42 Å². The predicted octanol–water partition coefficient (Wildman–Crippen LogP) is 5.88. The molecule has 140 valence electrons. The Morgan fingerprint density at radius 3 is 2.56 bits per heavy atom. The minimum atomic E-state index is -0.794. The first kappa shape index (κ1) is 19.3. The number of rotatable bonds is 7. The number of aliphatic carboxylic acids is 1. The summed E-state index contributed by atoms with van der Waals surface area (Å²) in [6.45, 7) is 3.92. The number of benzene rings is 2. The zero-order chi connectivity index (χ0) is 19.4.